The van der Waals surface area contributed by atoms with Gasteiger partial charge < -0.3 is 10.0 Å². The standard InChI is InChI=1S/C9H19NO/c1-5-8(2)10(4)7-6-9(3)11/h5,8-9,11H,1,6-7H2,2-4H3. The molecule has 2 atom stereocenters. The predicted octanol–water partition coefficient (Wildman–Crippen LogP) is 1.26. The van der Waals surface area contributed by atoms with E-state index < -0.39 is 0 Å². The van der Waals surface area contributed by atoms with E-state index in [1.54, 1.807) is 0 Å². The third kappa shape index (κ3) is 4.99. The highest BCUT2D eigenvalue weighted by molar-refractivity contribution is 4.82. The van der Waals surface area contributed by atoms with Crippen molar-refractivity contribution in [1.29, 1.82) is 0 Å². The lowest BCUT2D eigenvalue weighted by Crippen LogP contribution is -2.29. The molecule has 0 aliphatic rings. The average molecular weight is 157 g/mol. The van der Waals surface area contributed by atoms with Crippen molar-refractivity contribution in [3.05, 3.63) is 12.7 Å². The smallest absolute Gasteiger partial charge is 0.0524 e. The molecule has 0 aromatic rings. The molecule has 0 rings (SSSR count). The lowest BCUT2D eigenvalue weighted by molar-refractivity contribution is 0.159. The summed E-state index contributed by atoms with van der Waals surface area (Å²) in [7, 11) is 2.04. The van der Waals surface area contributed by atoms with Gasteiger partial charge in [0.15, 0.2) is 0 Å². The van der Waals surface area contributed by atoms with Crippen LogP contribution in [0.3, 0.4) is 0 Å². The molecule has 0 spiro atoms. The van der Waals surface area contributed by atoms with Gasteiger partial charge in [0.05, 0.1) is 6.10 Å². The van der Waals surface area contributed by atoms with E-state index in [2.05, 4.69) is 18.4 Å². The highest BCUT2D eigenvalue weighted by Gasteiger charge is 2.05. The van der Waals surface area contributed by atoms with Crippen molar-refractivity contribution >= 4 is 0 Å². The number of aliphatic hydroxyl groups excluding tert-OH is 1. The van der Waals surface area contributed by atoms with Crippen LogP contribution in [0.25, 0.3) is 0 Å². The summed E-state index contributed by atoms with van der Waals surface area (Å²) in [5.41, 5.74) is 0. The van der Waals surface area contributed by atoms with E-state index in [0.717, 1.165) is 13.0 Å². The number of nitrogens with zero attached hydrogens (tertiary/aromatic N) is 1. The van der Waals surface area contributed by atoms with E-state index in [9.17, 15) is 0 Å². The largest absolute Gasteiger partial charge is 0.393 e. The van der Waals surface area contributed by atoms with Crippen molar-refractivity contribution < 1.29 is 5.11 Å². The molecule has 0 aliphatic carbocycles. The molecule has 0 bridgehead atoms. The number of hydrogen-bond acceptors (Lipinski definition) is 2. The maximum Gasteiger partial charge on any atom is 0.0524 e. The van der Waals surface area contributed by atoms with Crippen molar-refractivity contribution in [3.8, 4) is 0 Å². The fourth-order valence-electron chi connectivity index (χ4n) is 0.774. The Labute approximate surface area is 69.5 Å². The van der Waals surface area contributed by atoms with Crippen LogP contribution in [0, 0.1) is 0 Å². The summed E-state index contributed by atoms with van der Waals surface area (Å²) in [4.78, 5) is 2.17. The van der Waals surface area contributed by atoms with Gasteiger partial charge in [0.1, 0.15) is 0 Å². The molecule has 0 saturated carbocycles. The van der Waals surface area contributed by atoms with Gasteiger partial charge in [-0.3, -0.25) is 0 Å². The van der Waals surface area contributed by atoms with Gasteiger partial charge in [-0.2, -0.15) is 0 Å². The van der Waals surface area contributed by atoms with Crippen LogP contribution in [0.1, 0.15) is 20.3 Å². The normalized spacial score (nSPS) is 16.5. The van der Waals surface area contributed by atoms with Gasteiger partial charge in [-0.15, -0.1) is 6.58 Å². The Morgan fingerprint density at radius 2 is 2.09 bits per heavy atom. The van der Waals surface area contributed by atoms with Crippen LogP contribution in [0.5, 0.6) is 0 Å². The molecule has 0 heterocycles. The van der Waals surface area contributed by atoms with Crippen LogP contribution in [0.2, 0.25) is 0 Å². The first kappa shape index (κ1) is 10.7. The SMILES string of the molecule is C=CC(C)N(C)CCC(C)O. The first-order valence-corrected chi connectivity index (χ1v) is 4.08. The summed E-state index contributed by atoms with van der Waals surface area (Å²) in [6.07, 6.45) is 2.53. The number of rotatable bonds is 5. The molecular weight excluding hydrogens is 138 g/mol. The molecule has 2 heteroatoms. The zero-order chi connectivity index (χ0) is 8.85. The minimum absolute atomic E-state index is 0.200. The van der Waals surface area contributed by atoms with E-state index in [0.29, 0.717) is 6.04 Å². The Kier molecular flexibility index (Phi) is 5.16. The van der Waals surface area contributed by atoms with Crippen LogP contribution in [-0.2, 0) is 0 Å². The molecule has 0 aliphatic heterocycles. The molecule has 0 fully saturated rings. The Morgan fingerprint density at radius 3 is 2.45 bits per heavy atom. The Morgan fingerprint density at radius 1 is 1.55 bits per heavy atom. The van der Waals surface area contributed by atoms with Crippen LogP contribution in [0.15, 0.2) is 12.7 Å². The van der Waals surface area contributed by atoms with Crippen molar-refractivity contribution in [2.24, 2.45) is 0 Å². The summed E-state index contributed by atoms with van der Waals surface area (Å²) in [5, 5.41) is 9.00. The third-order valence-corrected chi connectivity index (χ3v) is 1.94. The van der Waals surface area contributed by atoms with Gasteiger partial charge in [0, 0.05) is 12.6 Å². The maximum atomic E-state index is 9.00. The van der Waals surface area contributed by atoms with Gasteiger partial charge in [-0.25, -0.2) is 0 Å². The summed E-state index contributed by atoms with van der Waals surface area (Å²) in [6, 6.07) is 0.397. The Balaban J connectivity index is 3.51. The average Bonchev–Trinajstić information content (AvgIpc) is 1.98. The fraction of sp³-hybridized carbons (Fsp3) is 0.778. The highest BCUT2D eigenvalue weighted by atomic mass is 16.3. The quantitative estimate of drug-likeness (QED) is 0.607. The van der Waals surface area contributed by atoms with Crippen molar-refractivity contribution in [2.75, 3.05) is 13.6 Å². The monoisotopic (exact) mass is 157 g/mol. The molecule has 0 saturated heterocycles. The summed E-state index contributed by atoms with van der Waals surface area (Å²) >= 11 is 0. The third-order valence-electron chi connectivity index (χ3n) is 1.94. The second-order valence-corrected chi connectivity index (χ2v) is 3.09. The van der Waals surface area contributed by atoms with Crippen LogP contribution in [-0.4, -0.2) is 35.7 Å². The van der Waals surface area contributed by atoms with Gasteiger partial charge >= 0.3 is 0 Å². The van der Waals surface area contributed by atoms with E-state index >= 15 is 0 Å². The lowest BCUT2D eigenvalue weighted by atomic mass is 10.2. The molecular formula is C9H19NO. The van der Waals surface area contributed by atoms with Gasteiger partial charge in [-0.05, 0) is 27.3 Å². The van der Waals surface area contributed by atoms with Crippen molar-refractivity contribution in [2.45, 2.75) is 32.4 Å². The van der Waals surface area contributed by atoms with E-state index in [-0.39, 0.29) is 6.10 Å². The molecule has 0 radical (unpaired) electrons. The zero-order valence-corrected chi connectivity index (χ0v) is 7.75. The van der Waals surface area contributed by atoms with Gasteiger partial charge in [0.2, 0.25) is 0 Å². The Hall–Kier alpha value is -0.340. The highest BCUT2D eigenvalue weighted by Crippen LogP contribution is 1.99. The van der Waals surface area contributed by atoms with Crippen LogP contribution in [0.4, 0.5) is 0 Å². The minimum atomic E-state index is -0.200. The first-order chi connectivity index (χ1) is 5.07. The van der Waals surface area contributed by atoms with E-state index in [1.165, 1.54) is 0 Å². The Bertz CT molecular complexity index is 112. The number of hydrogen-bond donors (Lipinski definition) is 1. The molecule has 0 aromatic carbocycles. The fourth-order valence-corrected chi connectivity index (χ4v) is 0.774. The molecule has 66 valence electrons. The molecule has 0 amide bonds. The lowest BCUT2D eigenvalue weighted by Gasteiger charge is -2.21. The van der Waals surface area contributed by atoms with Crippen molar-refractivity contribution in [3.63, 3.8) is 0 Å². The van der Waals surface area contributed by atoms with E-state index in [4.69, 9.17) is 5.11 Å². The summed E-state index contributed by atoms with van der Waals surface area (Å²) < 4.78 is 0. The van der Waals surface area contributed by atoms with Crippen LogP contribution >= 0.6 is 0 Å². The van der Waals surface area contributed by atoms with Crippen molar-refractivity contribution in [1.82, 2.24) is 4.90 Å². The topological polar surface area (TPSA) is 23.5 Å². The summed E-state index contributed by atoms with van der Waals surface area (Å²) in [6.45, 7) is 8.53. The first-order valence-electron chi connectivity index (χ1n) is 4.08. The zero-order valence-electron chi connectivity index (χ0n) is 7.75. The van der Waals surface area contributed by atoms with Crippen LogP contribution < -0.4 is 0 Å². The molecule has 1 N–H and O–H groups in total. The molecule has 0 aromatic heterocycles. The van der Waals surface area contributed by atoms with Gasteiger partial charge in [0.25, 0.3) is 0 Å². The van der Waals surface area contributed by atoms with Gasteiger partial charge in [-0.1, -0.05) is 6.08 Å². The maximum absolute atomic E-state index is 9.00. The molecule has 11 heavy (non-hydrogen) atoms. The second-order valence-electron chi connectivity index (χ2n) is 3.09. The van der Waals surface area contributed by atoms with E-state index in [1.807, 2.05) is 20.0 Å². The number of aliphatic hydroxyl groups is 1. The molecule has 2 unspecified atom stereocenters. The minimum Gasteiger partial charge on any atom is -0.393 e. The number of likely N-dealkylation sites (N-methyl/N-ethyl adjacent to an activating group) is 1. The predicted molar refractivity (Wildman–Crippen MR) is 48.6 cm³/mol. The summed E-state index contributed by atoms with van der Waals surface area (Å²) in [5.74, 6) is 0. The second kappa shape index (κ2) is 5.33. The molecule has 2 nitrogen and oxygen atoms in total.